The number of benzene rings is 1. The first kappa shape index (κ1) is 16.8. The van der Waals surface area contributed by atoms with Gasteiger partial charge in [0.25, 0.3) is 0 Å². The monoisotopic (exact) mass is 309 g/mol. The molecule has 21 heavy (non-hydrogen) atoms. The van der Waals surface area contributed by atoms with Crippen molar-refractivity contribution in [1.82, 2.24) is 4.90 Å². The minimum absolute atomic E-state index is 0.122. The molecule has 1 unspecified atom stereocenters. The normalized spacial score (nSPS) is 23.2. The van der Waals surface area contributed by atoms with Gasteiger partial charge in [-0.05, 0) is 30.4 Å². The van der Waals surface area contributed by atoms with E-state index in [9.17, 15) is 0 Å². The molecular weight excluding hydrogens is 282 g/mol. The van der Waals surface area contributed by atoms with Gasteiger partial charge in [0.15, 0.2) is 0 Å². The summed E-state index contributed by atoms with van der Waals surface area (Å²) in [5.41, 5.74) is 2.83. The number of rotatable bonds is 3. The molecule has 0 aromatic heterocycles. The Bertz CT molecular complexity index is 461. The second-order valence-corrected chi connectivity index (χ2v) is 8.08. The summed E-state index contributed by atoms with van der Waals surface area (Å²) >= 11 is 6.00. The molecule has 118 valence electrons. The third-order valence-electron chi connectivity index (χ3n) is 3.95. The van der Waals surface area contributed by atoms with Crippen molar-refractivity contribution in [3.63, 3.8) is 0 Å². The predicted octanol–water partition coefficient (Wildman–Crippen LogP) is 4.20. The summed E-state index contributed by atoms with van der Waals surface area (Å²) in [5, 5.41) is 0. The van der Waals surface area contributed by atoms with Gasteiger partial charge in [0.05, 0.1) is 11.7 Å². The average molecular weight is 310 g/mol. The fourth-order valence-corrected chi connectivity index (χ4v) is 3.15. The van der Waals surface area contributed by atoms with Crippen LogP contribution in [0.15, 0.2) is 24.3 Å². The van der Waals surface area contributed by atoms with Gasteiger partial charge in [0.2, 0.25) is 0 Å². The van der Waals surface area contributed by atoms with E-state index in [0.717, 1.165) is 19.6 Å². The molecule has 1 aromatic rings. The second-order valence-electron chi connectivity index (χ2n) is 7.77. The highest BCUT2D eigenvalue weighted by molar-refractivity contribution is 6.18. The van der Waals surface area contributed by atoms with E-state index in [2.05, 4.69) is 63.8 Å². The van der Waals surface area contributed by atoms with E-state index in [1.807, 2.05) is 0 Å². The van der Waals surface area contributed by atoms with E-state index in [1.54, 1.807) is 0 Å². The summed E-state index contributed by atoms with van der Waals surface area (Å²) in [5.74, 6) is 0.558. The molecule has 2 nitrogen and oxygen atoms in total. The number of ether oxygens (including phenoxy) is 1. The quantitative estimate of drug-likeness (QED) is 0.776. The van der Waals surface area contributed by atoms with Gasteiger partial charge < -0.3 is 4.74 Å². The van der Waals surface area contributed by atoms with Crippen LogP contribution < -0.4 is 0 Å². The van der Waals surface area contributed by atoms with E-state index in [4.69, 9.17) is 16.3 Å². The third kappa shape index (κ3) is 4.70. The number of hydrogen-bond donors (Lipinski definition) is 0. The van der Waals surface area contributed by atoms with E-state index >= 15 is 0 Å². The van der Waals surface area contributed by atoms with Gasteiger partial charge in [-0.15, -0.1) is 11.6 Å². The molecule has 1 aromatic carbocycles. The van der Waals surface area contributed by atoms with Gasteiger partial charge in [0.1, 0.15) is 0 Å². The van der Waals surface area contributed by atoms with Gasteiger partial charge in [-0.3, -0.25) is 4.90 Å². The summed E-state index contributed by atoms with van der Waals surface area (Å²) in [4.78, 5) is 2.45. The average Bonchev–Trinajstić information content (AvgIpc) is 2.36. The Balaban J connectivity index is 2.04. The Hall–Kier alpha value is -0.570. The minimum atomic E-state index is -0.122. The van der Waals surface area contributed by atoms with Crippen molar-refractivity contribution in [2.45, 2.75) is 58.3 Å². The van der Waals surface area contributed by atoms with Crippen LogP contribution >= 0.6 is 11.6 Å². The standard InChI is InChI=1S/C18H28ClNO/c1-17(2,3)15-8-6-14(7-9-15)11-20-12-16(10-19)21-18(4,5)13-20/h6-9,16H,10-13H2,1-5H3. The zero-order chi connectivity index (χ0) is 15.7. The summed E-state index contributed by atoms with van der Waals surface area (Å²) in [6, 6.07) is 9.00. The lowest BCUT2D eigenvalue weighted by molar-refractivity contribution is -0.129. The molecule has 1 heterocycles. The van der Waals surface area contributed by atoms with Crippen LogP contribution in [0.3, 0.4) is 0 Å². The van der Waals surface area contributed by atoms with Crippen LogP contribution in [-0.4, -0.2) is 35.6 Å². The highest BCUT2D eigenvalue weighted by Crippen LogP contribution is 2.25. The summed E-state index contributed by atoms with van der Waals surface area (Å²) in [6.45, 7) is 13.8. The van der Waals surface area contributed by atoms with Crippen molar-refractivity contribution in [1.29, 1.82) is 0 Å². The van der Waals surface area contributed by atoms with Gasteiger partial charge >= 0.3 is 0 Å². The maximum Gasteiger partial charge on any atom is 0.0845 e. The van der Waals surface area contributed by atoms with Crippen LogP contribution in [0.1, 0.15) is 45.7 Å². The molecule has 1 fully saturated rings. The van der Waals surface area contributed by atoms with Crippen LogP contribution in [0, 0.1) is 0 Å². The summed E-state index contributed by atoms with van der Waals surface area (Å²) in [7, 11) is 0. The molecule has 0 N–H and O–H groups in total. The molecule has 0 aliphatic carbocycles. The zero-order valence-electron chi connectivity index (χ0n) is 13.9. The molecule has 1 aliphatic heterocycles. The highest BCUT2D eigenvalue weighted by Gasteiger charge is 2.32. The van der Waals surface area contributed by atoms with E-state index < -0.39 is 0 Å². The van der Waals surface area contributed by atoms with Crippen molar-refractivity contribution in [2.24, 2.45) is 0 Å². The molecule has 1 aliphatic rings. The van der Waals surface area contributed by atoms with Gasteiger partial charge in [0, 0.05) is 25.5 Å². The number of nitrogens with zero attached hydrogens (tertiary/aromatic N) is 1. The van der Waals surface area contributed by atoms with Crippen LogP contribution in [0.5, 0.6) is 0 Å². The Morgan fingerprint density at radius 1 is 1.24 bits per heavy atom. The fraction of sp³-hybridized carbons (Fsp3) is 0.667. The molecule has 0 amide bonds. The van der Waals surface area contributed by atoms with Crippen molar-refractivity contribution < 1.29 is 4.74 Å². The summed E-state index contributed by atoms with van der Waals surface area (Å²) in [6.07, 6.45) is 0.129. The molecule has 3 heteroatoms. The SMILES string of the molecule is CC1(C)CN(Cc2ccc(C(C)(C)C)cc2)CC(CCl)O1. The molecule has 1 saturated heterocycles. The lowest BCUT2D eigenvalue weighted by atomic mass is 9.86. The first-order valence-corrected chi connectivity index (χ1v) is 8.29. The van der Waals surface area contributed by atoms with Crippen LogP contribution in [-0.2, 0) is 16.7 Å². The van der Waals surface area contributed by atoms with Gasteiger partial charge in [-0.25, -0.2) is 0 Å². The Kier molecular flexibility index (Phi) is 5.02. The largest absolute Gasteiger partial charge is 0.368 e. The lowest BCUT2D eigenvalue weighted by Crippen LogP contribution is -2.52. The molecule has 1 atom stereocenters. The van der Waals surface area contributed by atoms with E-state index in [0.29, 0.717) is 5.88 Å². The maximum atomic E-state index is 6.00. The van der Waals surface area contributed by atoms with E-state index in [-0.39, 0.29) is 17.1 Å². The molecule has 0 bridgehead atoms. The van der Waals surface area contributed by atoms with Crippen molar-refractivity contribution in [3.8, 4) is 0 Å². The highest BCUT2D eigenvalue weighted by atomic mass is 35.5. The minimum Gasteiger partial charge on any atom is -0.368 e. The number of morpholine rings is 1. The van der Waals surface area contributed by atoms with Crippen LogP contribution in [0.25, 0.3) is 0 Å². The summed E-state index contributed by atoms with van der Waals surface area (Å²) < 4.78 is 5.98. The second kappa shape index (κ2) is 6.28. The van der Waals surface area contributed by atoms with E-state index in [1.165, 1.54) is 11.1 Å². The van der Waals surface area contributed by atoms with Gasteiger partial charge in [-0.2, -0.15) is 0 Å². The Labute approximate surface area is 134 Å². The van der Waals surface area contributed by atoms with Crippen LogP contribution in [0.2, 0.25) is 0 Å². The molecule has 0 radical (unpaired) electrons. The molecule has 0 saturated carbocycles. The molecular formula is C18H28ClNO. The zero-order valence-corrected chi connectivity index (χ0v) is 14.7. The van der Waals surface area contributed by atoms with Gasteiger partial charge in [-0.1, -0.05) is 45.0 Å². The van der Waals surface area contributed by atoms with Crippen LogP contribution in [0.4, 0.5) is 0 Å². The lowest BCUT2D eigenvalue weighted by Gasteiger charge is -2.42. The first-order chi connectivity index (χ1) is 9.69. The third-order valence-corrected chi connectivity index (χ3v) is 4.29. The topological polar surface area (TPSA) is 12.5 Å². The number of alkyl halides is 1. The fourth-order valence-electron chi connectivity index (χ4n) is 2.99. The molecule has 0 spiro atoms. The Morgan fingerprint density at radius 2 is 1.86 bits per heavy atom. The number of halogens is 1. The molecule has 2 rings (SSSR count). The van der Waals surface area contributed by atoms with Crippen molar-refractivity contribution in [2.75, 3.05) is 19.0 Å². The predicted molar refractivity (Wildman–Crippen MR) is 90.1 cm³/mol. The van der Waals surface area contributed by atoms with Crippen molar-refractivity contribution in [3.05, 3.63) is 35.4 Å². The smallest absolute Gasteiger partial charge is 0.0845 e. The first-order valence-electron chi connectivity index (χ1n) is 7.75. The maximum absolute atomic E-state index is 6.00. The Morgan fingerprint density at radius 3 is 2.38 bits per heavy atom. The van der Waals surface area contributed by atoms with Crippen molar-refractivity contribution >= 4 is 11.6 Å². The number of hydrogen-bond acceptors (Lipinski definition) is 2.